The number of aryl methyl sites for hydroxylation is 1. The molecule has 0 bridgehead atoms. The minimum Gasteiger partial charge on any atom is -0.472 e. The van der Waals surface area contributed by atoms with Crippen LogP contribution in [0.3, 0.4) is 0 Å². The van der Waals surface area contributed by atoms with Crippen molar-refractivity contribution in [3.05, 3.63) is 41.9 Å². The Labute approximate surface area is 133 Å². The van der Waals surface area contributed by atoms with Crippen LogP contribution in [0.1, 0.15) is 23.6 Å². The molecule has 3 aromatic heterocycles. The molecule has 3 rings (SSSR count). The molecule has 0 saturated heterocycles. The van der Waals surface area contributed by atoms with Gasteiger partial charge in [0.25, 0.3) is 0 Å². The van der Waals surface area contributed by atoms with Crippen LogP contribution in [-0.2, 0) is 19.1 Å². The van der Waals surface area contributed by atoms with Gasteiger partial charge in [-0.1, -0.05) is 5.16 Å². The molecule has 0 unspecified atom stereocenters. The van der Waals surface area contributed by atoms with E-state index in [1.54, 1.807) is 6.07 Å². The zero-order chi connectivity index (χ0) is 17.2. The lowest BCUT2D eigenvalue weighted by molar-refractivity contribution is -0.142. The quantitative estimate of drug-likeness (QED) is 0.740. The predicted molar refractivity (Wildman–Crippen MR) is 73.7 cm³/mol. The second kappa shape index (κ2) is 6.48. The van der Waals surface area contributed by atoms with E-state index in [1.807, 2.05) is 0 Å². The van der Waals surface area contributed by atoms with Gasteiger partial charge in [0.1, 0.15) is 12.8 Å². The van der Waals surface area contributed by atoms with E-state index in [2.05, 4.69) is 15.2 Å². The fraction of sp³-hybridized carbons (Fsp3) is 0.357. The van der Waals surface area contributed by atoms with E-state index >= 15 is 0 Å². The lowest BCUT2D eigenvalue weighted by Crippen LogP contribution is -2.10. The van der Waals surface area contributed by atoms with Gasteiger partial charge in [-0.3, -0.25) is 4.68 Å². The summed E-state index contributed by atoms with van der Waals surface area (Å²) in [5, 5.41) is 16.1. The number of hydrogen-bond donors (Lipinski definition) is 1. The van der Waals surface area contributed by atoms with Crippen LogP contribution in [0.2, 0.25) is 0 Å². The summed E-state index contributed by atoms with van der Waals surface area (Å²) in [6, 6.07) is 1.64. The molecule has 0 aliphatic carbocycles. The van der Waals surface area contributed by atoms with Crippen molar-refractivity contribution in [3.8, 4) is 11.4 Å². The SMILES string of the molecule is OCCCc1cn(Cc2nc(-c3ccoc3)no2)nc1C(F)(F)F. The molecule has 0 aliphatic rings. The molecule has 3 aromatic rings. The highest BCUT2D eigenvalue weighted by Gasteiger charge is 2.37. The molecule has 0 aliphatic heterocycles. The van der Waals surface area contributed by atoms with Crippen LogP contribution < -0.4 is 0 Å². The van der Waals surface area contributed by atoms with E-state index in [4.69, 9.17) is 14.0 Å². The molecule has 10 heteroatoms. The van der Waals surface area contributed by atoms with Crippen LogP contribution in [0.4, 0.5) is 13.2 Å². The molecule has 0 atom stereocenters. The molecule has 3 heterocycles. The Bertz CT molecular complexity index is 793. The fourth-order valence-electron chi connectivity index (χ4n) is 2.20. The molecule has 0 fully saturated rings. The molecule has 0 radical (unpaired) electrons. The monoisotopic (exact) mass is 342 g/mol. The largest absolute Gasteiger partial charge is 0.472 e. The molecule has 0 saturated carbocycles. The van der Waals surface area contributed by atoms with Crippen LogP contribution in [0.15, 0.2) is 33.7 Å². The van der Waals surface area contributed by atoms with E-state index < -0.39 is 11.9 Å². The first-order valence-corrected chi connectivity index (χ1v) is 7.07. The highest BCUT2D eigenvalue weighted by atomic mass is 19.4. The summed E-state index contributed by atoms with van der Waals surface area (Å²) in [5.74, 6) is 0.401. The van der Waals surface area contributed by atoms with E-state index in [9.17, 15) is 13.2 Å². The number of halogens is 3. The smallest absolute Gasteiger partial charge is 0.435 e. The van der Waals surface area contributed by atoms with Crippen molar-refractivity contribution in [1.29, 1.82) is 0 Å². The number of nitrogens with zero attached hydrogens (tertiary/aromatic N) is 4. The Morgan fingerprint density at radius 3 is 2.79 bits per heavy atom. The normalized spacial score (nSPS) is 12.0. The average Bonchev–Trinajstić information content (AvgIpc) is 3.24. The van der Waals surface area contributed by atoms with Gasteiger partial charge in [0.15, 0.2) is 5.69 Å². The predicted octanol–water partition coefficient (Wildman–Crippen LogP) is 2.52. The molecule has 0 aromatic carbocycles. The van der Waals surface area contributed by atoms with Gasteiger partial charge in [-0.2, -0.15) is 23.3 Å². The summed E-state index contributed by atoms with van der Waals surface area (Å²) in [6.07, 6.45) is -0.109. The maximum absolute atomic E-state index is 13.0. The average molecular weight is 342 g/mol. The zero-order valence-electron chi connectivity index (χ0n) is 12.3. The van der Waals surface area contributed by atoms with E-state index in [0.717, 1.165) is 4.68 Å². The number of hydrogen-bond acceptors (Lipinski definition) is 6. The van der Waals surface area contributed by atoms with Gasteiger partial charge >= 0.3 is 6.18 Å². The Hall–Kier alpha value is -2.62. The standard InChI is InChI=1S/C14H13F3N4O3/c15-14(16,17)12-9(2-1-4-22)6-21(19-12)7-11-18-13(20-24-11)10-3-5-23-8-10/h3,5-6,8,22H,1-2,4,7H2. The van der Waals surface area contributed by atoms with Crippen LogP contribution in [0.25, 0.3) is 11.4 Å². The first kappa shape index (κ1) is 16.2. The van der Waals surface area contributed by atoms with Gasteiger partial charge in [0.05, 0.1) is 11.8 Å². The molecular formula is C14H13F3N4O3. The third-order valence-electron chi connectivity index (χ3n) is 3.25. The first-order valence-electron chi connectivity index (χ1n) is 7.07. The minimum absolute atomic E-state index is 0.0196. The van der Waals surface area contributed by atoms with Crippen molar-refractivity contribution in [1.82, 2.24) is 19.9 Å². The fourth-order valence-corrected chi connectivity index (χ4v) is 2.20. The van der Waals surface area contributed by atoms with Gasteiger partial charge in [0.2, 0.25) is 11.7 Å². The maximum Gasteiger partial charge on any atom is 0.435 e. The molecule has 0 amide bonds. The van der Waals surface area contributed by atoms with Crippen LogP contribution >= 0.6 is 0 Å². The zero-order valence-corrected chi connectivity index (χ0v) is 12.3. The second-order valence-corrected chi connectivity index (χ2v) is 5.05. The van der Waals surface area contributed by atoms with Gasteiger partial charge in [-0.15, -0.1) is 0 Å². The number of aliphatic hydroxyl groups is 1. The number of rotatable bonds is 6. The van der Waals surface area contributed by atoms with Crippen molar-refractivity contribution in [2.45, 2.75) is 25.6 Å². The van der Waals surface area contributed by atoms with Gasteiger partial charge in [-0.25, -0.2) is 0 Å². The van der Waals surface area contributed by atoms with E-state index in [1.165, 1.54) is 18.7 Å². The van der Waals surface area contributed by atoms with Crippen molar-refractivity contribution in [2.24, 2.45) is 0 Å². The number of aliphatic hydroxyl groups excluding tert-OH is 1. The summed E-state index contributed by atoms with van der Waals surface area (Å²) >= 11 is 0. The third-order valence-corrected chi connectivity index (χ3v) is 3.25. The van der Waals surface area contributed by atoms with E-state index in [-0.39, 0.29) is 43.3 Å². The summed E-state index contributed by atoms with van der Waals surface area (Å²) < 4.78 is 50.1. The van der Waals surface area contributed by atoms with E-state index in [0.29, 0.717) is 5.56 Å². The van der Waals surface area contributed by atoms with Crippen molar-refractivity contribution in [3.63, 3.8) is 0 Å². The van der Waals surface area contributed by atoms with Gasteiger partial charge < -0.3 is 14.0 Å². The van der Waals surface area contributed by atoms with Crippen molar-refractivity contribution >= 4 is 0 Å². The summed E-state index contributed by atoms with van der Waals surface area (Å²) in [6.45, 7) is -0.284. The second-order valence-electron chi connectivity index (χ2n) is 5.05. The van der Waals surface area contributed by atoms with Gasteiger partial charge in [0, 0.05) is 18.4 Å². The van der Waals surface area contributed by atoms with Crippen molar-refractivity contribution in [2.75, 3.05) is 6.61 Å². The Morgan fingerprint density at radius 2 is 2.12 bits per heavy atom. The molecule has 7 nitrogen and oxygen atoms in total. The molecule has 128 valence electrons. The van der Waals surface area contributed by atoms with Crippen LogP contribution in [0, 0.1) is 0 Å². The summed E-state index contributed by atoms with van der Waals surface area (Å²) in [7, 11) is 0. The Kier molecular flexibility index (Phi) is 4.38. The van der Waals surface area contributed by atoms with Crippen LogP contribution in [0.5, 0.6) is 0 Å². The Balaban J connectivity index is 1.81. The molecule has 0 spiro atoms. The third kappa shape index (κ3) is 3.48. The maximum atomic E-state index is 13.0. The summed E-state index contributed by atoms with van der Waals surface area (Å²) in [4.78, 5) is 4.09. The molecule has 1 N–H and O–H groups in total. The topological polar surface area (TPSA) is 90.1 Å². The molecule has 24 heavy (non-hydrogen) atoms. The van der Waals surface area contributed by atoms with Crippen molar-refractivity contribution < 1.29 is 27.2 Å². The lowest BCUT2D eigenvalue weighted by Gasteiger charge is -2.04. The Morgan fingerprint density at radius 1 is 1.29 bits per heavy atom. The summed E-state index contributed by atoms with van der Waals surface area (Å²) in [5.41, 5.74) is -0.346. The van der Waals surface area contributed by atoms with Crippen LogP contribution in [-0.4, -0.2) is 31.6 Å². The minimum atomic E-state index is -4.56. The highest BCUT2D eigenvalue weighted by molar-refractivity contribution is 5.51. The number of alkyl halides is 3. The lowest BCUT2D eigenvalue weighted by atomic mass is 10.1. The molecular weight excluding hydrogens is 329 g/mol. The van der Waals surface area contributed by atoms with Gasteiger partial charge in [-0.05, 0) is 18.9 Å². The first-order chi connectivity index (χ1) is 11.5. The highest BCUT2D eigenvalue weighted by Crippen LogP contribution is 2.31. The number of furan rings is 1. The number of aromatic nitrogens is 4.